The molecule has 0 spiro atoms. The van der Waals surface area contributed by atoms with Gasteiger partial charge in [-0.25, -0.2) is 0 Å². The van der Waals surface area contributed by atoms with Crippen LogP contribution in [-0.4, -0.2) is 42.7 Å². The van der Waals surface area contributed by atoms with Gasteiger partial charge in [0, 0.05) is 24.9 Å². The molecule has 0 unspecified atom stereocenters. The summed E-state index contributed by atoms with van der Waals surface area (Å²) in [4.78, 5) is 4.15. The van der Waals surface area contributed by atoms with Crippen molar-refractivity contribution in [3.63, 3.8) is 0 Å². The van der Waals surface area contributed by atoms with E-state index < -0.39 is 0 Å². The van der Waals surface area contributed by atoms with Gasteiger partial charge < -0.3 is 15.5 Å². The minimum atomic E-state index is 0.142. The average molecular weight is 208 g/mol. The highest BCUT2D eigenvalue weighted by molar-refractivity contribution is 5.83. The van der Waals surface area contributed by atoms with Crippen molar-refractivity contribution in [2.24, 2.45) is 4.99 Å². The molecule has 3 N–H and O–H groups in total. The normalized spacial score (nSPS) is 11.0. The quantitative estimate of drug-likeness (QED) is 0.468. The Balaban J connectivity index is 2.29. The van der Waals surface area contributed by atoms with E-state index in [4.69, 9.17) is 5.11 Å². The van der Waals surface area contributed by atoms with Gasteiger partial charge in [0.25, 0.3) is 0 Å². The summed E-state index contributed by atoms with van der Waals surface area (Å²) >= 11 is 0. The second kappa shape index (κ2) is 6.98. The molecule has 0 aliphatic rings. The van der Waals surface area contributed by atoms with Crippen molar-refractivity contribution in [1.82, 2.24) is 5.32 Å². The van der Waals surface area contributed by atoms with Gasteiger partial charge in [-0.15, -0.1) is 0 Å². The van der Waals surface area contributed by atoms with Gasteiger partial charge in [0.2, 0.25) is 0 Å². The van der Waals surface area contributed by atoms with E-state index in [9.17, 15) is 5.11 Å². The second-order valence-electron chi connectivity index (χ2n) is 3.07. The molecule has 0 heterocycles. The van der Waals surface area contributed by atoms with Crippen molar-refractivity contribution < 1.29 is 10.2 Å². The molecule has 4 heteroatoms. The molecule has 0 radical (unpaired) electrons. The number of nitrogens with one attached hydrogen (secondary N) is 1. The van der Waals surface area contributed by atoms with Crippen molar-refractivity contribution in [2.75, 3.05) is 26.2 Å². The summed E-state index contributed by atoms with van der Waals surface area (Å²) < 4.78 is 0. The number of nitrogens with zero attached hydrogens (tertiary/aromatic N) is 1. The van der Waals surface area contributed by atoms with Crippen LogP contribution in [0.3, 0.4) is 0 Å². The molecular weight excluding hydrogens is 192 g/mol. The van der Waals surface area contributed by atoms with Gasteiger partial charge in [-0.1, -0.05) is 12.1 Å². The Kier molecular flexibility index (Phi) is 5.43. The minimum Gasteiger partial charge on any atom is -0.507 e. The first-order valence-electron chi connectivity index (χ1n) is 4.94. The summed E-state index contributed by atoms with van der Waals surface area (Å²) in [5.74, 6) is 0.240. The smallest absolute Gasteiger partial charge is 0.124 e. The van der Waals surface area contributed by atoms with E-state index in [1.54, 1.807) is 24.4 Å². The number of para-hydroxylation sites is 1. The van der Waals surface area contributed by atoms with Crippen LogP contribution < -0.4 is 5.32 Å². The van der Waals surface area contributed by atoms with Crippen LogP contribution in [0, 0.1) is 0 Å². The van der Waals surface area contributed by atoms with Crippen LogP contribution in [0.1, 0.15) is 5.56 Å². The molecule has 0 atom stereocenters. The molecule has 1 rings (SSSR count). The lowest BCUT2D eigenvalue weighted by atomic mass is 10.2. The highest BCUT2D eigenvalue weighted by Crippen LogP contribution is 2.12. The molecule has 15 heavy (non-hydrogen) atoms. The summed E-state index contributed by atoms with van der Waals surface area (Å²) in [5.41, 5.74) is 0.722. The number of hydrogen-bond acceptors (Lipinski definition) is 4. The maximum Gasteiger partial charge on any atom is 0.124 e. The first kappa shape index (κ1) is 11.7. The number of phenolic OH excluding ortho intramolecular Hbond substituents is 1. The Labute approximate surface area is 89.3 Å². The van der Waals surface area contributed by atoms with Gasteiger partial charge in [-0.2, -0.15) is 0 Å². The highest BCUT2D eigenvalue weighted by Gasteiger charge is 1.93. The number of rotatable bonds is 6. The number of benzene rings is 1. The number of phenols is 1. The fraction of sp³-hybridized carbons (Fsp3) is 0.364. The first-order chi connectivity index (χ1) is 7.34. The van der Waals surface area contributed by atoms with Gasteiger partial charge in [0.15, 0.2) is 0 Å². The van der Waals surface area contributed by atoms with Gasteiger partial charge in [-0.3, -0.25) is 4.99 Å². The third kappa shape index (κ3) is 4.58. The summed E-state index contributed by atoms with van der Waals surface area (Å²) in [5, 5.41) is 20.9. The second-order valence-corrected chi connectivity index (χ2v) is 3.07. The van der Waals surface area contributed by atoms with E-state index in [-0.39, 0.29) is 12.4 Å². The SMILES string of the molecule is OCCNCCN=Cc1ccccc1O. The van der Waals surface area contributed by atoms with E-state index >= 15 is 0 Å². The average Bonchev–Trinajstić information content (AvgIpc) is 2.25. The lowest BCUT2D eigenvalue weighted by Crippen LogP contribution is -2.21. The summed E-state index contributed by atoms with van der Waals surface area (Å²) in [7, 11) is 0. The fourth-order valence-electron chi connectivity index (χ4n) is 1.11. The van der Waals surface area contributed by atoms with E-state index in [0.29, 0.717) is 13.1 Å². The Morgan fingerprint density at radius 2 is 2.07 bits per heavy atom. The standard InChI is InChI=1S/C11H16N2O2/c14-8-7-12-5-6-13-9-10-3-1-2-4-11(10)15/h1-4,9,12,14-15H,5-8H2. The van der Waals surface area contributed by atoms with Crippen molar-refractivity contribution in [2.45, 2.75) is 0 Å². The Morgan fingerprint density at radius 3 is 2.80 bits per heavy atom. The predicted octanol–water partition coefficient (Wildman–Crippen LogP) is 0.393. The summed E-state index contributed by atoms with van der Waals surface area (Å²) in [6, 6.07) is 7.06. The van der Waals surface area contributed by atoms with E-state index in [0.717, 1.165) is 12.1 Å². The topological polar surface area (TPSA) is 64.8 Å². The molecule has 0 bridgehead atoms. The number of hydrogen-bond donors (Lipinski definition) is 3. The largest absolute Gasteiger partial charge is 0.507 e. The first-order valence-corrected chi connectivity index (χ1v) is 4.94. The van der Waals surface area contributed by atoms with E-state index in [2.05, 4.69) is 10.3 Å². The minimum absolute atomic E-state index is 0.142. The van der Waals surface area contributed by atoms with Crippen LogP contribution in [0.2, 0.25) is 0 Å². The van der Waals surface area contributed by atoms with Crippen LogP contribution >= 0.6 is 0 Å². The molecule has 82 valence electrons. The van der Waals surface area contributed by atoms with Crippen LogP contribution in [-0.2, 0) is 0 Å². The maximum absolute atomic E-state index is 9.41. The summed E-state index contributed by atoms with van der Waals surface area (Å²) in [6.07, 6.45) is 1.65. The maximum atomic E-state index is 9.41. The van der Waals surface area contributed by atoms with Crippen LogP contribution in [0.15, 0.2) is 29.3 Å². The molecule has 0 amide bonds. The zero-order valence-electron chi connectivity index (χ0n) is 8.56. The molecule has 0 aliphatic carbocycles. The fourth-order valence-corrected chi connectivity index (χ4v) is 1.11. The summed E-state index contributed by atoms with van der Waals surface area (Å²) in [6.45, 7) is 2.09. The van der Waals surface area contributed by atoms with Gasteiger partial charge in [0.1, 0.15) is 5.75 Å². The molecule has 0 fully saturated rings. The molecule has 0 aromatic heterocycles. The monoisotopic (exact) mass is 208 g/mol. The van der Waals surface area contributed by atoms with Gasteiger partial charge >= 0.3 is 0 Å². The Hall–Kier alpha value is -1.39. The number of aliphatic imine (C=N–C) groups is 1. The number of aliphatic hydroxyl groups is 1. The van der Waals surface area contributed by atoms with E-state index in [1.807, 2.05) is 6.07 Å². The Morgan fingerprint density at radius 1 is 1.27 bits per heavy atom. The molecular formula is C11H16N2O2. The molecule has 1 aromatic carbocycles. The Bertz CT molecular complexity index is 313. The van der Waals surface area contributed by atoms with E-state index in [1.165, 1.54) is 0 Å². The van der Waals surface area contributed by atoms with Crippen LogP contribution in [0.25, 0.3) is 0 Å². The molecule has 1 aromatic rings. The van der Waals surface area contributed by atoms with Crippen molar-refractivity contribution >= 4 is 6.21 Å². The van der Waals surface area contributed by atoms with Crippen molar-refractivity contribution in [3.8, 4) is 5.75 Å². The third-order valence-corrected chi connectivity index (χ3v) is 1.87. The molecule has 4 nitrogen and oxygen atoms in total. The lowest BCUT2D eigenvalue weighted by molar-refractivity contribution is 0.293. The van der Waals surface area contributed by atoms with Crippen molar-refractivity contribution in [3.05, 3.63) is 29.8 Å². The third-order valence-electron chi connectivity index (χ3n) is 1.87. The van der Waals surface area contributed by atoms with Gasteiger partial charge in [0.05, 0.1) is 13.2 Å². The lowest BCUT2D eigenvalue weighted by Gasteiger charge is -1.99. The predicted molar refractivity (Wildman–Crippen MR) is 60.5 cm³/mol. The number of aromatic hydroxyl groups is 1. The molecule has 0 saturated carbocycles. The highest BCUT2D eigenvalue weighted by atomic mass is 16.3. The zero-order valence-corrected chi connectivity index (χ0v) is 8.56. The van der Waals surface area contributed by atoms with Crippen LogP contribution in [0.4, 0.5) is 0 Å². The number of aliphatic hydroxyl groups excluding tert-OH is 1. The van der Waals surface area contributed by atoms with Crippen molar-refractivity contribution in [1.29, 1.82) is 0 Å². The zero-order chi connectivity index (χ0) is 10.9. The molecule has 0 aliphatic heterocycles. The molecule has 0 saturated heterocycles. The van der Waals surface area contributed by atoms with Gasteiger partial charge in [-0.05, 0) is 12.1 Å². The van der Waals surface area contributed by atoms with Crippen LogP contribution in [0.5, 0.6) is 5.75 Å².